The Hall–Kier alpha value is -1.54. The van der Waals surface area contributed by atoms with Crippen LogP contribution < -0.4 is 10.1 Å². The van der Waals surface area contributed by atoms with Crippen LogP contribution >= 0.6 is 11.3 Å². The third kappa shape index (κ3) is 3.69. The molecule has 0 radical (unpaired) electrons. The molecule has 1 aliphatic heterocycles. The average Bonchev–Trinajstić information content (AvgIpc) is 2.97. The number of hydrogen-bond acceptors (Lipinski definition) is 5. The Morgan fingerprint density at radius 2 is 2.35 bits per heavy atom. The number of carbonyl (C=O) groups excluding carboxylic acids is 1. The predicted octanol–water partition coefficient (Wildman–Crippen LogP) is 3.39. The van der Waals surface area contributed by atoms with Gasteiger partial charge >= 0.3 is 12.1 Å². The summed E-state index contributed by atoms with van der Waals surface area (Å²) in [5, 5.41) is 4.42. The molecule has 0 spiro atoms. The van der Waals surface area contributed by atoms with Gasteiger partial charge in [0.25, 0.3) is 0 Å². The summed E-state index contributed by atoms with van der Waals surface area (Å²) in [6, 6.07) is 0.505. The second kappa shape index (κ2) is 6.92. The highest BCUT2D eigenvalue weighted by Gasteiger charge is 2.50. The number of carbonyl (C=O) groups is 1. The number of esters is 1. The molecule has 0 amide bonds. The molecule has 2 rings (SSSR count). The smallest absolute Gasteiger partial charge is 0.425 e. The normalized spacial score (nSPS) is 25.0. The third-order valence-electron chi connectivity index (χ3n) is 3.77. The maximum atomic E-state index is 12.7. The lowest BCUT2D eigenvalue weighted by Gasteiger charge is -2.41. The fourth-order valence-electron chi connectivity index (χ4n) is 2.72. The van der Waals surface area contributed by atoms with E-state index in [2.05, 4.69) is 11.9 Å². The van der Waals surface area contributed by atoms with Gasteiger partial charge in [0.05, 0.1) is 13.2 Å². The third-order valence-corrected chi connectivity index (χ3v) is 4.72. The Kier molecular flexibility index (Phi) is 5.36. The first kappa shape index (κ1) is 17.8. The first-order valence-electron chi connectivity index (χ1n) is 7.11. The van der Waals surface area contributed by atoms with Crippen LogP contribution in [0, 0.1) is 0 Å². The molecule has 2 unspecified atom stereocenters. The van der Waals surface area contributed by atoms with E-state index >= 15 is 0 Å². The van der Waals surface area contributed by atoms with Gasteiger partial charge in [0.2, 0.25) is 5.60 Å². The number of rotatable bonds is 5. The zero-order valence-corrected chi connectivity index (χ0v) is 13.4. The van der Waals surface area contributed by atoms with Crippen molar-refractivity contribution in [3.63, 3.8) is 0 Å². The summed E-state index contributed by atoms with van der Waals surface area (Å²) in [6.45, 7) is 4.35. The van der Waals surface area contributed by atoms with Crippen LogP contribution in [-0.2, 0) is 15.7 Å². The topological polar surface area (TPSA) is 47.6 Å². The van der Waals surface area contributed by atoms with E-state index in [1.807, 2.05) is 0 Å². The van der Waals surface area contributed by atoms with Crippen LogP contribution in [0.1, 0.15) is 24.1 Å². The van der Waals surface area contributed by atoms with Gasteiger partial charge in [-0.3, -0.25) is 0 Å². The van der Waals surface area contributed by atoms with Crippen LogP contribution in [-0.4, -0.2) is 31.3 Å². The minimum atomic E-state index is -4.43. The molecule has 2 heterocycles. The van der Waals surface area contributed by atoms with Crippen LogP contribution in [0.25, 0.3) is 0 Å². The van der Waals surface area contributed by atoms with E-state index in [9.17, 15) is 18.0 Å². The number of methoxy groups -OCH3 is 1. The average molecular weight is 349 g/mol. The van der Waals surface area contributed by atoms with Crippen molar-refractivity contribution >= 4 is 17.3 Å². The molecule has 1 saturated heterocycles. The number of halogens is 3. The fourth-order valence-corrected chi connectivity index (χ4v) is 3.40. The molecular weight excluding hydrogens is 331 g/mol. The molecule has 0 aromatic carbocycles. The summed E-state index contributed by atoms with van der Waals surface area (Å²) in [5.74, 6) is -0.582. The van der Waals surface area contributed by atoms with Crippen molar-refractivity contribution in [2.75, 3.05) is 13.7 Å². The number of alkyl halides is 3. The zero-order valence-electron chi connectivity index (χ0n) is 12.6. The summed E-state index contributed by atoms with van der Waals surface area (Å²) >= 11 is 0.535. The van der Waals surface area contributed by atoms with Crippen molar-refractivity contribution in [2.45, 2.75) is 37.1 Å². The fraction of sp³-hybridized carbons (Fsp3) is 0.533. The van der Waals surface area contributed by atoms with E-state index < -0.39 is 28.7 Å². The van der Waals surface area contributed by atoms with Gasteiger partial charge in [-0.15, -0.1) is 17.9 Å². The van der Waals surface area contributed by atoms with Gasteiger partial charge in [0.1, 0.15) is 10.6 Å². The molecular formula is C15H18F3NO3S. The van der Waals surface area contributed by atoms with Crippen LogP contribution in [0.4, 0.5) is 13.2 Å². The van der Waals surface area contributed by atoms with E-state index in [1.165, 1.54) is 12.5 Å². The Morgan fingerprint density at radius 3 is 2.91 bits per heavy atom. The summed E-state index contributed by atoms with van der Waals surface area (Å²) in [4.78, 5) is 11.6. The van der Waals surface area contributed by atoms with Crippen LogP contribution in [0.2, 0.25) is 0 Å². The van der Waals surface area contributed by atoms with Gasteiger partial charge in [0.15, 0.2) is 0 Å². The van der Waals surface area contributed by atoms with Gasteiger partial charge in [-0.1, -0.05) is 6.08 Å². The van der Waals surface area contributed by atoms with Crippen molar-refractivity contribution in [3.8, 4) is 5.75 Å². The lowest BCUT2D eigenvalue weighted by atomic mass is 9.83. The maximum Gasteiger partial charge on any atom is 0.425 e. The van der Waals surface area contributed by atoms with Gasteiger partial charge in [-0.25, -0.2) is 4.79 Å². The molecule has 8 heteroatoms. The lowest BCUT2D eigenvalue weighted by Crippen LogP contribution is -2.63. The van der Waals surface area contributed by atoms with Crippen molar-refractivity contribution in [1.29, 1.82) is 0 Å². The van der Waals surface area contributed by atoms with Crippen molar-refractivity contribution in [2.24, 2.45) is 0 Å². The number of hydrogen-bond donors (Lipinski definition) is 1. The van der Waals surface area contributed by atoms with E-state index in [-0.39, 0.29) is 5.75 Å². The van der Waals surface area contributed by atoms with Crippen molar-refractivity contribution in [3.05, 3.63) is 29.0 Å². The largest absolute Gasteiger partial charge is 0.473 e. The number of nitrogens with one attached hydrogen (secondary N) is 1. The molecule has 4 nitrogen and oxygen atoms in total. The Labute approximate surface area is 136 Å². The highest BCUT2D eigenvalue weighted by Crippen LogP contribution is 2.39. The molecule has 1 aromatic heterocycles. The minimum Gasteiger partial charge on any atom is -0.473 e. The molecule has 1 aliphatic rings. The van der Waals surface area contributed by atoms with E-state index in [1.54, 1.807) is 6.08 Å². The minimum absolute atomic E-state index is 0.0190. The number of ether oxygens (including phenoxy) is 2. The summed E-state index contributed by atoms with van der Waals surface area (Å²) < 4.78 is 48.8. The second-order valence-corrected chi connectivity index (χ2v) is 6.17. The summed E-state index contributed by atoms with van der Waals surface area (Å²) in [7, 11) is 1.24. The zero-order chi connectivity index (χ0) is 17.1. The summed E-state index contributed by atoms with van der Waals surface area (Å²) in [6.07, 6.45) is -1.35. The maximum absolute atomic E-state index is 12.7. The highest BCUT2D eigenvalue weighted by atomic mass is 32.1. The molecule has 0 bridgehead atoms. The van der Waals surface area contributed by atoms with E-state index in [0.29, 0.717) is 37.1 Å². The van der Waals surface area contributed by atoms with Gasteiger partial charge in [0, 0.05) is 17.9 Å². The Morgan fingerprint density at radius 1 is 1.61 bits per heavy atom. The number of thiophene rings is 1. The molecule has 128 valence electrons. The molecule has 0 aliphatic carbocycles. The predicted molar refractivity (Wildman–Crippen MR) is 80.5 cm³/mol. The molecule has 1 aromatic rings. The molecule has 1 fully saturated rings. The second-order valence-electron chi connectivity index (χ2n) is 5.26. The monoisotopic (exact) mass is 349 g/mol. The SMILES string of the molecule is C=CCC1NCCCC1(Oc1csc(C(F)(F)F)c1)C(=O)OC. The molecule has 23 heavy (non-hydrogen) atoms. The molecule has 1 N–H and O–H groups in total. The van der Waals surface area contributed by atoms with E-state index in [0.717, 1.165) is 6.07 Å². The lowest BCUT2D eigenvalue weighted by molar-refractivity contribution is -0.164. The van der Waals surface area contributed by atoms with Crippen LogP contribution in [0.5, 0.6) is 5.75 Å². The van der Waals surface area contributed by atoms with E-state index in [4.69, 9.17) is 9.47 Å². The first-order chi connectivity index (χ1) is 10.8. The summed E-state index contributed by atoms with van der Waals surface area (Å²) in [5.41, 5.74) is -1.36. The first-order valence-corrected chi connectivity index (χ1v) is 7.99. The van der Waals surface area contributed by atoms with Crippen molar-refractivity contribution in [1.82, 2.24) is 5.32 Å². The Bertz CT molecular complexity index is 573. The van der Waals surface area contributed by atoms with Gasteiger partial charge < -0.3 is 14.8 Å². The molecule has 2 atom stereocenters. The number of piperidine rings is 1. The highest BCUT2D eigenvalue weighted by molar-refractivity contribution is 7.10. The van der Waals surface area contributed by atoms with Gasteiger partial charge in [-0.05, 0) is 19.4 Å². The van der Waals surface area contributed by atoms with Crippen molar-refractivity contribution < 1.29 is 27.4 Å². The standard InChI is InChI=1S/C15H18F3NO3S/c1-3-5-11-14(13(20)21-2,6-4-7-19-11)22-10-8-12(23-9-10)15(16,17)18/h3,8-9,11,19H,1,4-7H2,2H3. The Balaban J connectivity index is 2.33. The van der Waals surface area contributed by atoms with Crippen LogP contribution in [0.15, 0.2) is 24.1 Å². The molecule has 0 saturated carbocycles. The van der Waals surface area contributed by atoms with Gasteiger partial charge in [-0.2, -0.15) is 13.2 Å². The van der Waals surface area contributed by atoms with Crippen LogP contribution in [0.3, 0.4) is 0 Å². The quantitative estimate of drug-likeness (QED) is 0.654.